The minimum absolute atomic E-state index is 0.166. The summed E-state index contributed by atoms with van der Waals surface area (Å²) in [5.41, 5.74) is 1.85. The number of esters is 1. The quantitative estimate of drug-likeness (QED) is 0.385. The highest BCUT2D eigenvalue weighted by molar-refractivity contribution is 6.30. The molecule has 10 heteroatoms. The van der Waals surface area contributed by atoms with Crippen LogP contribution in [0, 0.1) is 0 Å². The summed E-state index contributed by atoms with van der Waals surface area (Å²) in [4.78, 5) is 45.1. The molecule has 1 aromatic heterocycles. The fourth-order valence-corrected chi connectivity index (χ4v) is 4.70. The van der Waals surface area contributed by atoms with Gasteiger partial charge in [0.15, 0.2) is 0 Å². The zero-order valence-corrected chi connectivity index (χ0v) is 22.5. The molecule has 3 aromatic rings. The number of nitrogens with zero attached hydrogens (tertiary/aromatic N) is 2. The van der Waals surface area contributed by atoms with Crippen LogP contribution in [0.1, 0.15) is 28.0 Å². The van der Waals surface area contributed by atoms with Crippen molar-refractivity contribution < 1.29 is 28.6 Å². The van der Waals surface area contributed by atoms with Gasteiger partial charge in [-0.05, 0) is 47.5 Å². The minimum Gasteiger partial charge on any atom is -0.497 e. The molecule has 4 rings (SSSR count). The highest BCUT2D eigenvalue weighted by Crippen LogP contribution is 2.25. The lowest BCUT2D eigenvalue weighted by molar-refractivity contribution is -0.151. The zero-order chi connectivity index (χ0) is 27.8. The number of ether oxygens (including phenoxy) is 3. The molecule has 9 nitrogen and oxygen atoms in total. The van der Waals surface area contributed by atoms with Gasteiger partial charge in [0.2, 0.25) is 5.91 Å². The van der Waals surface area contributed by atoms with Crippen LogP contribution in [-0.2, 0) is 32.1 Å². The molecule has 1 aliphatic heterocycles. The van der Waals surface area contributed by atoms with Crippen molar-refractivity contribution in [2.75, 3.05) is 20.8 Å². The Morgan fingerprint density at radius 3 is 2.51 bits per heavy atom. The van der Waals surface area contributed by atoms with Gasteiger partial charge in [0.1, 0.15) is 23.5 Å². The van der Waals surface area contributed by atoms with E-state index < -0.39 is 36.0 Å². The summed E-state index contributed by atoms with van der Waals surface area (Å²) in [6.07, 6.45) is 1.53. The first-order valence-electron chi connectivity index (χ1n) is 12.5. The number of halogens is 1. The number of carbonyl (C=O) groups is 3. The summed E-state index contributed by atoms with van der Waals surface area (Å²) in [5.74, 6) is -0.737. The number of benzene rings is 2. The number of hydrogen-bond donors (Lipinski definition) is 1. The Morgan fingerprint density at radius 2 is 1.85 bits per heavy atom. The fraction of sp³-hybridized carbons (Fsp3) is 0.310. The third kappa shape index (κ3) is 7.34. The van der Waals surface area contributed by atoms with Crippen LogP contribution >= 0.6 is 11.6 Å². The summed E-state index contributed by atoms with van der Waals surface area (Å²) in [6.45, 7) is 0.465. The highest BCUT2D eigenvalue weighted by atomic mass is 35.5. The van der Waals surface area contributed by atoms with E-state index in [4.69, 9.17) is 25.8 Å². The van der Waals surface area contributed by atoms with Gasteiger partial charge in [0.05, 0.1) is 26.9 Å². The van der Waals surface area contributed by atoms with Crippen molar-refractivity contribution in [3.8, 4) is 5.75 Å². The van der Waals surface area contributed by atoms with E-state index in [-0.39, 0.29) is 25.1 Å². The first-order valence-corrected chi connectivity index (χ1v) is 12.8. The average Bonchev–Trinajstić information content (AvgIpc) is 3.40. The van der Waals surface area contributed by atoms with E-state index >= 15 is 0 Å². The topological polar surface area (TPSA) is 107 Å². The van der Waals surface area contributed by atoms with Crippen LogP contribution in [0.25, 0.3) is 0 Å². The van der Waals surface area contributed by atoms with Gasteiger partial charge in [0, 0.05) is 30.6 Å². The zero-order valence-electron chi connectivity index (χ0n) is 21.7. The fourth-order valence-electron chi connectivity index (χ4n) is 4.49. The molecular formula is C29H30ClN3O6. The van der Waals surface area contributed by atoms with E-state index in [1.165, 1.54) is 18.2 Å². The Morgan fingerprint density at radius 1 is 1.05 bits per heavy atom. The molecule has 0 saturated carbocycles. The molecule has 1 fully saturated rings. The van der Waals surface area contributed by atoms with Crippen LogP contribution in [0.4, 0.5) is 0 Å². The smallest absolute Gasteiger partial charge is 0.328 e. The summed E-state index contributed by atoms with van der Waals surface area (Å²) in [6, 6.07) is 17.6. The number of hydrogen-bond acceptors (Lipinski definition) is 7. The van der Waals surface area contributed by atoms with E-state index in [1.807, 2.05) is 30.3 Å². The van der Waals surface area contributed by atoms with Crippen molar-refractivity contribution in [2.24, 2.45) is 0 Å². The predicted octanol–water partition coefficient (Wildman–Crippen LogP) is 3.44. The maximum atomic E-state index is 13.9. The molecule has 2 amide bonds. The lowest BCUT2D eigenvalue weighted by atomic mass is 10.0. The van der Waals surface area contributed by atoms with Gasteiger partial charge >= 0.3 is 5.97 Å². The predicted molar refractivity (Wildman–Crippen MR) is 144 cm³/mol. The second-order valence-electron chi connectivity index (χ2n) is 9.12. The standard InChI is InChI=1S/C29H30ClN3O6/c1-37-22-11-9-19(10-12-22)18-39-23-16-26(29(36)38-2)33(17-23)28(35)25(15-20-6-5-7-21(30)14-20)32-27(34)24-8-3-4-13-31-24/h3-14,23,25-26H,15-18H2,1-2H3,(H,32,34)/t23-,25+,26+/m1/s1. The van der Waals surface area contributed by atoms with Crippen LogP contribution in [0.2, 0.25) is 5.02 Å². The van der Waals surface area contributed by atoms with Crippen LogP contribution in [0.5, 0.6) is 5.75 Å². The first kappa shape index (κ1) is 28.1. The molecule has 1 aliphatic rings. The van der Waals surface area contributed by atoms with Crippen LogP contribution in [-0.4, -0.2) is 66.6 Å². The maximum absolute atomic E-state index is 13.9. The third-order valence-corrected chi connectivity index (χ3v) is 6.73. The van der Waals surface area contributed by atoms with Gasteiger partial charge in [-0.1, -0.05) is 41.9 Å². The van der Waals surface area contributed by atoms with Crippen LogP contribution < -0.4 is 10.1 Å². The Labute approximate surface area is 232 Å². The monoisotopic (exact) mass is 551 g/mol. The molecule has 0 unspecified atom stereocenters. The molecule has 2 aromatic carbocycles. The van der Waals surface area contributed by atoms with Gasteiger partial charge in [-0.25, -0.2) is 4.79 Å². The third-order valence-electron chi connectivity index (χ3n) is 6.49. The van der Waals surface area contributed by atoms with E-state index in [2.05, 4.69) is 10.3 Å². The van der Waals surface area contributed by atoms with E-state index in [0.29, 0.717) is 11.6 Å². The van der Waals surface area contributed by atoms with E-state index in [0.717, 1.165) is 16.9 Å². The first-order chi connectivity index (χ1) is 18.9. The molecule has 204 valence electrons. The number of aromatic nitrogens is 1. The van der Waals surface area contributed by atoms with Gasteiger partial charge in [-0.2, -0.15) is 0 Å². The number of carbonyl (C=O) groups excluding carboxylic acids is 3. The number of rotatable bonds is 10. The summed E-state index contributed by atoms with van der Waals surface area (Å²) in [5, 5.41) is 3.31. The Bertz CT molecular complexity index is 1290. The largest absolute Gasteiger partial charge is 0.497 e. The summed E-state index contributed by atoms with van der Waals surface area (Å²) < 4.78 is 16.3. The highest BCUT2D eigenvalue weighted by Gasteiger charge is 2.43. The minimum atomic E-state index is -0.981. The molecule has 1 saturated heterocycles. The number of methoxy groups -OCH3 is 2. The molecule has 0 bridgehead atoms. The second kappa shape index (κ2) is 13.2. The van der Waals surface area contributed by atoms with Crippen molar-refractivity contribution in [2.45, 2.75) is 37.6 Å². The van der Waals surface area contributed by atoms with Gasteiger partial charge in [-0.15, -0.1) is 0 Å². The lowest BCUT2D eigenvalue weighted by Gasteiger charge is -2.28. The Kier molecular flexibility index (Phi) is 9.51. The molecule has 1 N–H and O–H groups in total. The molecule has 3 atom stereocenters. The average molecular weight is 552 g/mol. The summed E-state index contributed by atoms with van der Waals surface area (Å²) in [7, 11) is 2.88. The SMILES string of the molecule is COC(=O)[C@@H]1C[C@@H](OCc2ccc(OC)cc2)CN1C(=O)[C@H](Cc1cccc(Cl)c1)NC(=O)c1ccccn1. The Hall–Kier alpha value is -3.95. The summed E-state index contributed by atoms with van der Waals surface area (Å²) >= 11 is 6.16. The van der Waals surface area contributed by atoms with Crippen LogP contribution in [0.3, 0.4) is 0 Å². The molecule has 0 aliphatic carbocycles. The second-order valence-corrected chi connectivity index (χ2v) is 9.56. The van der Waals surface area contributed by atoms with Gasteiger partial charge in [0.25, 0.3) is 5.91 Å². The number of likely N-dealkylation sites (tertiary alicyclic amines) is 1. The van der Waals surface area contributed by atoms with Crippen LogP contribution in [0.15, 0.2) is 72.9 Å². The Balaban J connectivity index is 1.53. The van der Waals surface area contributed by atoms with Crippen molar-refractivity contribution in [1.29, 1.82) is 0 Å². The molecule has 39 heavy (non-hydrogen) atoms. The van der Waals surface area contributed by atoms with E-state index in [1.54, 1.807) is 43.5 Å². The van der Waals surface area contributed by atoms with Gasteiger partial charge < -0.3 is 24.4 Å². The number of nitrogens with one attached hydrogen (secondary N) is 1. The van der Waals surface area contributed by atoms with Crippen molar-refractivity contribution in [1.82, 2.24) is 15.2 Å². The van der Waals surface area contributed by atoms with Crippen molar-refractivity contribution in [3.63, 3.8) is 0 Å². The van der Waals surface area contributed by atoms with Crippen molar-refractivity contribution in [3.05, 3.63) is 94.8 Å². The number of pyridine rings is 1. The molecular weight excluding hydrogens is 522 g/mol. The maximum Gasteiger partial charge on any atom is 0.328 e. The molecule has 0 radical (unpaired) electrons. The molecule has 0 spiro atoms. The van der Waals surface area contributed by atoms with Gasteiger partial charge in [-0.3, -0.25) is 14.6 Å². The van der Waals surface area contributed by atoms with Crippen molar-refractivity contribution >= 4 is 29.4 Å². The van der Waals surface area contributed by atoms with E-state index in [9.17, 15) is 14.4 Å². The molecule has 2 heterocycles. The normalized spacial score (nSPS) is 17.4. The number of amides is 2. The lowest BCUT2D eigenvalue weighted by Crippen LogP contribution is -2.53.